The minimum absolute atomic E-state index is 0. The van der Waals surface area contributed by atoms with E-state index in [2.05, 4.69) is 21.6 Å². The number of hydrogen-bond acceptors (Lipinski definition) is 5. The second-order valence-corrected chi connectivity index (χ2v) is 7.48. The molecule has 4 fully saturated rings. The van der Waals surface area contributed by atoms with Gasteiger partial charge in [-0.25, -0.2) is 14.7 Å². The molecule has 0 saturated carbocycles. The van der Waals surface area contributed by atoms with Crippen molar-refractivity contribution in [3.63, 3.8) is 0 Å². The number of ketones is 1. The highest BCUT2D eigenvalue weighted by Crippen LogP contribution is 2.29. The molecule has 20 heavy (non-hydrogen) atoms. The zero-order valence-corrected chi connectivity index (χ0v) is 14.0. The van der Waals surface area contributed by atoms with Gasteiger partial charge >= 0.3 is 0 Å². The maximum atomic E-state index is 12.5. The van der Waals surface area contributed by atoms with Crippen LogP contribution in [-0.4, -0.2) is 71.5 Å². The van der Waals surface area contributed by atoms with Crippen molar-refractivity contribution < 1.29 is 26.3 Å². The van der Waals surface area contributed by atoms with Crippen molar-refractivity contribution in [1.29, 1.82) is 0 Å². The standard InChI is InChI=1S/C13H19N4OS.BrH/c1-11-2-3-13(19-11)12(18)4-17-8-14-5-15(9-17)7-16(6-14)10-17;/h2-3H,4-10H2,1H3;1H/q+1;/p-1. The first kappa shape index (κ1) is 14.6. The molecule has 0 amide bonds. The van der Waals surface area contributed by atoms with E-state index >= 15 is 0 Å². The van der Waals surface area contributed by atoms with E-state index in [9.17, 15) is 4.79 Å². The van der Waals surface area contributed by atoms with Crippen LogP contribution in [0.2, 0.25) is 0 Å². The third-order valence-electron chi connectivity index (χ3n) is 4.19. The fraction of sp³-hybridized carbons (Fsp3) is 0.615. The summed E-state index contributed by atoms with van der Waals surface area (Å²) in [5, 5.41) is 0. The van der Waals surface area contributed by atoms with Crippen LogP contribution in [0.15, 0.2) is 12.1 Å². The minimum atomic E-state index is 0. The third-order valence-corrected chi connectivity index (χ3v) is 5.24. The van der Waals surface area contributed by atoms with Crippen molar-refractivity contribution in [1.82, 2.24) is 14.7 Å². The number of quaternary nitrogens is 1. The molecule has 110 valence electrons. The molecular formula is C13H19BrN4OS. The topological polar surface area (TPSA) is 26.8 Å². The molecule has 5 nitrogen and oxygen atoms in total. The zero-order chi connectivity index (χ0) is 13.0. The summed E-state index contributed by atoms with van der Waals surface area (Å²) < 4.78 is 0.899. The van der Waals surface area contributed by atoms with Crippen LogP contribution >= 0.6 is 11.3 Å². The van der Waals surface area contributed by atoms with Gasteiger partial charge in [0.05, 0.1) is 24.9 Å². The predicted molar refractivity (Wildman–Crippen MR) is 73.2 cm³/mol. The molecule has 0 spiro atoms. The summed E-state index contributed by atoms with van der Waals surface area (Å²) >= 11 is 1.62. The molecule has 4 aliphatic heterocycles. The maximum absolute atomic E-state index is 12.5. The molecule has 1 aromatic heterocycles. The first-order chi connectivity index (χ1) is 9.12. The number of carbonyl (C=O) groups is 1. The lowest BCUT2D eigenvalue weighted by Crippen LogP contribution is -3.00. The molecule has 4 aliphatic rings. The van der Waals surface area contributed by atoms with Crippen LogP contribution in [0.5, 0.6) is 0 Å². The van der Waals surface area contributed by atoms with Crippen LogP contribution in [-0.2, 0) is 0 Å². The number of hydrogen-bond donors (Lipinski definition) is 0. The van der Waals surface area contributed by atoms with Gasteiger partial charge in [-0.15, -0.1) is 11.3 Å². The van der Waals surface area contributed by atoms with Crippen molar-refractivity contribution in [3.8, 4) is 0 Å². The molecule has 4 saturated heterocycles. The number of thiophene rings is 1. The van der Waals surface area contributed by atoms with Crippen LogP contribution in [0.4, 0.5) is 0 Å². The Labute approximate surface area is 133 Å². The zero-order valence-electron chi connectivity index (χ0n) is 11.6. The lowest BCUT2D eigenvalue weighted by molar-refractivity contribution is -0.973. The van der Waals surface area contributed by atoms with Gasteiger partial charge in [0.2, 0.25) is 5.78 Å². The molecule has 7 heteroatoms. The van der Waals surface area contributed by atoms with Gasteiger partial charge in [-0.2, -0.15) is 0 Å². The average molecular weight is 359 g/mol. The maximum Gasteiger partial charge on any atom is 0.226 e. The molecular weight excluding hydrogens is 340 g/mol. The lowest BCUT2D eigenvalue weighted by atomic mass is 10.2. The minimum Gasteiger partial charge on any atom is -1.00 e. The summed E-state index contributed by atoms with van der Waals surface area (Å²) in [6.07, 6.45) is 0. The molecule has 1 aromatic rings. The Bertz CT molecular complexity index is 497. The van der Waals surface area contributed by atoms with Gasteiger partial charge in [0, 0.05) is 4.88 Å². The van der Waals surface area contributed by atoms with Crippen molar-refractivity contribution in [3.05, 3.63) is 21.9 Å². The fourth-order valence-electron chi connectivity index (χ4n) is 3.77. The van der Waals surface area contributed by atoms with Crippen molar-refractivity contribution in [2.45, 2.75) is 6.92 Å². The Morgan fingerprint density at radius 3 is 2.15 bits per heavy atom. The second kappa shape index (κ2) is 5.15. The van der Waals surface area contributed by atoms with Gasteiger partial charge in [0.1, 0.15) is 26.6 Å². The monoisotopic (exact) mass is 358 g/mol. The molecule has 0 atom stereocenters. The predicted octanol–water partition coefficient (Wildman–Crippen LogP) is -2.25. The van der Waals surface area contributed by atoms with E-state index in [-0.39, 0.29) is 17.0 Å². The van der Waals surface area contributed by atoms with Crippen molar-refractivity contribution in [2.24, 2.45) is 0 Å². The van der Waals surface area contributed by atoms with Crippen molar-refractivity contribution in [2.75, 3.05) is 46.6 Å². The largest absolute Gasteiger partial charge is 1.00 e. The highest BCUT2D eigenvalue weighted by Gasteiger charge is 2.49. The number of aryl methyl sites for hydroxylation is 1. The second-order valence-electron chi connectivity index (χ2n) is 6.19. The summed E-state index contributed by atoms with van der Waals surface area (Å²) in [5.74, 6) is 0.309. The number of rotatable bonds is 3. The summed E-state index contributed by atoms with van der Waals surface area (Å²) in [5.41, 5.74) is 0. The summed E-state index contributed by atoms with van der Waals surface area (Å²) in [7, 11) is 0. The lowest BCUT2D eigenvalue weighted by Gasteiger charge is -2.60. The third kappa shape index (κ3) is 2.47. The molecule has 5 rings (SSSR count). The fourth-order valence-corrected chi connectivity index (χ4v) is 4.57. The first-order valence-electron chi connectivity index (χ1n) is 6.74. The van der Waals surface area contributed by atoms with E-state index in [1.54, 1.807) is 11.3 Å². The molecule has 0 aliphatic carbocycles. The molecule has 4 bridgehead atoms. The van der Waals surface area contributed by atoms with E-state index in [0.717, 1.165) is 49.4 Å². The van der Waals surface area contributed by atoms with Crippen molar-refractivity contribution >= 4 is 17.1 Å². The Morgan fingerprint density at radius 2 is 1.70 bits per heavy atom. The van der Waals surface area contributed by atoms with Gasteiger partial charge < -0.3 is 17.0 Å². The van der Waals surface area contributed by atoms with Crippen LogP contribution in [0, 0.1) is 6.92 Å². The summed E-state index contributed by atoms with van der Waals surface area (Å²) in [4.78, 5) is 22.0. The summed E-state index contributed by atoms with van der Waals surface area (Å²) in [6.45, 7) is 9.01. The van der Waals surface area contributed by atoms with Crippen LogP contribution in [0.3, 0.4) is 0 Å². The Balaban J connectivity index is 0.00000121. The SMILES string of the molecule is Cc1ccc(C(=O)C[N+]23CN4CN(CN(C4)C2)C3)s1.[Br-]. The Kier molecular flexibility index (Phi) is 3.77. The number of Topliss-reactive ketones (excluding diaryl/α,β-unsaturated/α-hetero) is 1. The molecule has 0 N–H and O–H groups in total. The molecule has 0 aromatic carbocycles. The van der Waals surface area contributed by atoms with E-state index in [4.69, 9.17) is 0 Å². The van der Waals surface area contributed by atoms with E-state index in [0.29, 0.717) is 12.3 Å². The van der Waals surface area contributed by atoms with Gasteiger partial charge in [-0.3, -0.25) is 9.28 Å². The highest BCUT2D eigenvalue weighted by atomic mass is 79.9. The van der Waals surface area contributed by atoms with E-state index in [1.807, 2.05) is 12.1 Å². The van der Waals surface area contributed by atoms with Crippen LogP contribution < -0.4 is 17.0 Å². The van der Waals surface area contributed by atoms with E-state index in [1.165, 1.54) is 4.88 Å². The van der Waals surface area contributed by atoms with Crippen LogP contribution in [0.1, 0.15) is 14.5 Å². The number of halogens is 1. The van der Waals surface area contributed by atoms with Gasteiger partial charge in [-0.1, -0.05) is 0 Å². The highest BCUT2D eigenvalue weighted by molar-refractivity contribution is 7.14. The van der Waals surface area contributed by atoms with Gasteiger partial charge in [-0.05, 0) is 19.1 Å². The smallest absolute Gasteiger partial charge is 0.226 e. The normalized spacial score (nSPS) is 37.8. The molecule has 0 radical (unpaired) electrons. The Morgan fingerprint density at radius 1 is 1.15 bits per heavy atom. The average Bonchev–Trinajstić information content (AvgIpc) is 2.73. The first-order valence-corrected chi connectivity index (χ1v) is 7.55. The van der Waals surface area contributed by atoms with Gasteiger partial charge in [0.25, 0.3) is 0 Å². The van der Waals surface area contributed by atoms with Crippen LogP contribution in [0.25, 0.3) is 0 Å². The number of carbonyl (C=O) groups excluding carboxylic acids is 1. The number of nitrogens with zero attached hydrogens (tertiary/aromatic N) is 4. The summed E-state index contributed by atoms with van der Waals surface area (Å²) in [6, 6.07) is 4.02. The van der Waals surface area contributed by atoms with E-state index < -0.39 is 0 Å². The molecule has 5 heterocycles. The quantitative estimate of drug-likeness (QED) is 0.450. The molecule has 0 unspecified atom stereocenters. The van der Waals surface area contributed by atoms with Gasteiger partial charge in [0.15, 0.2) is 0 Å². The Hall–Kier alpha value is -0.310.